The molecule has 5 rings (SSSR count). The Hall–Kier alpha value is -0.870. The second-order valence-corrected chi connectivity index (χ2v) is 9.36. The van der Waals surface area contributed by atoms with Crippen LogP contribution in [0.15, 0.2) is 11.6 Å². The minimum Gasteiger partial charge on any atom is -0.481 e. The first-order valence-corrected chi connectivity index (χ1v) is 9.53. The van der Waals surface area contributed by atoms with Crippen LogP contribution in [0.3, 0.4) is 0 Å². The molecule has 1 saturated heterocycles. The summed E-state index contributed by atoms with van der Waals surface area (Å²) in [5.74, 6) is -0.127. The number of hydrogen-bond donors (Lipinski definition) is 1. The fourth-order valence-corrected chi connectivity index (χ4v) is 6.45. The summed E-state index contributed by atoms with van der Waals surface area (Å²) in [5.41, 5.74) is -0.136. The molecule has 1 spiro atoms. The fraction of sp³-hybridized carbons (Fsp3) is 0.850. The zero-order valence-corrected chi connectivity index (χ0v) is 15.4. The first-order chi connectivity index (χ1) is 11.2. The van der Waals surface area contributed by atoms with Gasteiger partial charge in [-0.1, -0.05) is 27.2 Å². The molecule has 4 heteroatoms. The third-order valence-electron chi connectivity index (χ3n) is 8.17. The Morgan fingerprint density at radius 3 is 2.54 bits per heavy atom. The zero-order valence-electron chi connectivity index (χ0n) is 15.4. The van der Waals surface area contributed by atoms with Gasteiger partial charge in [0.2, 0.25) is 0 Å². The third-order valence-corrected chi connectivity index (χ3v) is 8.17. The second kappa shape index (κ2) is 4.85. The SMILES string of the molecule is CC(C)[C@@]12C=C3CC[C@H]4C(C)(C(=O)O)CCC[C@]4(C)[C@]3(CC1)OO2. The number of rotatable bonds is 2. The van der Waals surface area contributed by atoms with Crippen LogP contribution < -0.4 is 0 Å². The van der Waals surface area contributed by atoms with Gasteiger partial charge in [-0.2, -0.15) is 0 Å². The van der Waals surface area contributed by atoms with Crippen LogP contribution in [0.2, 0.25) is 0 Å². The Kier molecular flexibility index (Phi) is 3.35. The average Bonchev–Trinajstić information content (AvgIpc) is 2.55. The minimum absolute atomic E-state index is 0.140. The molecule has 5 atom stereocenters. The number of carboxylic acid groups (broad SMARTS) is 1. The molecule has 1 N–H and O–H groups in total. The maximum absolute atomic E-state index is 12.1. The van der Waals surface area contributed by atoms with Gasteiger partial charge in [-0.15, -0.1) is 0 Å². The van der Waals surface area contributed by atoms with Crippen molar-refractivity contribution in [3.63, 3.8) is 0 Å². The maximum Gasteiger partial charge on any atom is 0.309 e. The van der Waals surface area contributed by atoms with Crippen molar-refractivity contribution in [1.29, 1.82) is 0 Å². The van der Waals surface area contributed by atoms with Crippen LogP contribution in [-0.2, 0) is 14.6 Å². The van der Waals surface area contributed by atoms with Gasteiger partial charge in [0.05, 0.1) is 5.41 Å². The standard InChI is InChI=1S/C20H30O4/c1-13(2)19-10-11-20(24-23-19)14(12-19)6-7-15-17(3,16(21)22)8-5-9-18(15,20)4/h12-13,15H,5-11H2,1-4H3,(H,21,22)/t15-,17?,18-,19-,20+/m0/s1. The summed E-state index contributed by atoms with van der Waals surface area (Å²) < 4.78 is 0. The summed E-state index contributed by atoms with van der Waals surface area (Å²) in [5, 5.41) is 9.94. The van der Waals surface area contributed by atoms with Crippen molar-refractivity contribution in [3.05, 3.63) is 11.6 Å². The average molecular weight is 334 g/mol. The van der Waals surface area contributed by atoms with E-state index >= 15 is 0 Å². The Balaban J connectivity index is 1.81. The molecule has 0 amide bonds. The molecule has 134 valence electrons. The van der Waals surface area contributed by atoms with E-state index in [1.807, 2.05) is 6.92 Å². The highest BCUT2D eigenvalue weighted by Gasteiger charge is 2.69. The molecule has 2 saturated carbocycles. The van der Waals surface area contributed by atoms with Crippen molar-refractivity contribution in [2.45, 2.75) is 83.8 Å². The molecule has 24 heavy (non-hydrogen) atoms. The van der Waals surface area contributed by atoms with Gasteiger partial charge in [-0.3, -0.25) is 4.79 Å². The molecule has 0 radical (unpaired) electrons. The molecule has 2 bridgehead atoms. The monoisotopic (exact) mass is 334 g/mol. The zero-order chi connectivity index (χ0) is 17.4. The molecule has 0 aromatic carbocycles. The van der Waals surface area contributed by atoms with Crippen molar-refractivity contribution in [1.82, 2.24) is 0 Å². The van der Waals surface area contributed by atoms with Gasteiger partial charge in [0, 0.05) is 5.41 Å². The van der Waals surface area contributed by atoms with Gasteiger partial charge in [0.1, 0.15) is 11.2 Å². The molecule has 5 aliphatic rings. The number of fused-ring (bicyclic) bond motifs is 3. The molecule has 0 aromatic rings. The van der Waals surface area contributed by atoms with Crippen LogP contribution in [-0.4, -0.2) is 22.3 Å². The van der Waals surface area contributed by atoms with Gasteiger partial charge < -0.3 is 5.11 Å². The van der Waals surface area contributed by atoms with E-state index in [1.165, 1.54) is 5.57 Å². The smallest absolute Gasteiger partial charge is 0.309 e. The lowest BCUT2D eigenvalue weighted by atomic mass is 9.43. The summed E-state index contributed by atoms with van der Waals surface area (Å²) in [6.45, 7) is 8.60. The van der Waals surface area contributed by atoms with Crippen LogP contribution in [0.4, 0.5) is 0 Å². The van der Waals surface area contributed by atoms with Crippen molar-refractivity contribution in [2.24, 2.45) is 22.7 Å². The molecule has 2 aliphatic heterocycles. The third kappa shape index (κ3) is 1.74. The van der Waals surface area contributed by atoms with E-state index in [4.69, 9.17) is 9.78 Å². The van der Waals surface area contributed by atoms with E-state index in [1.54, 1.807) is 0 Å². The van der Waals surface area contributed by atoms with Crippen LogP contribution in [0.5, 0.6) is 0 Å². The van der Waals surface area contributed by atoms with Crippen molar-refractivity contribution < 1.29 is 19.7 Å². The number of aliphatic carboxylic acids is 1. The first-order valence-electron chi connectivity index (χ1n) is 9.53. The van der Waals surface area contributed by atoms with Gasteiger partial charge in [0.15, 0.2) is 0 Å². The Morgan fingerprint density at radius 2 is 1.96 bits per heavy atom. The van der Waals surface area contributed by atoms with E-state index in [9.17, 15) is 9.90 Å². The summed E-state index contributed by atoms with van der Waals surface area (Å²) in [6.07, 6.45) is 8.91. The van der Waals surface area contributed by atoms with E-state index in [0.717, 1.165) is 44.9 Å². The number of hydrogen-bond acceptors (Lipinski definition) is 3. The summed E-state index contributed by atoms with van der Waals surface area (Å²) in [6, 6.07) is 0. The number of carbonyl (C=O) groups is 1. The van der Waals surface area contributed by atoms with Gasteiger partial charge in [-0.25, -0.2) is 9.78 Å². The molecule has 3 fully saturated rings. The highest BCUT2D eigenvalue weighted by atomic mass is 17.2. The molecule has 2 heterocycles. The predicted molar refractivity (Wildman–Crippen MR) is 90.2 cm³/mol. The molecular weight excluding hydrogens is 304 g/mol. The molecular formula is C20H30O4. The summed E-state index contributed by atoms with van der Waals surface area (Å²) in [4.78, 5) is 24.3. The van der Waals surface area contributed by atoms with Crippen molar-refractivity contribution in [2.75, 3.05) is 0 Å². The van der Waals surface area contributed by atoms with E-state index in [-0.39, 0.29) is 16.9 Å². The van der Waals surface area contributed by atoms with Crippen LogP contribution in [0, 0.1) is 22.7 Å². The largest absolute Gasteiger partial charge is 0.481 e. The topological polar surface area (TPSA) is 55.8 Å². The Labute approximate surface area is 144 Å². The second-order valence-electron chi connectivity index (χ2n) is 9.36. The molecule has 4 nitrogen and oxygen atoms in total. The quantitative estimate of drug-likeness (QED) is 0.597. The van der Waals surface area contributed by atoms with E-state index in [2.05, 4.69) is 26.8 Å². The minimum atomic E-state index is -0.652. The summed E-state index contributed by atoms with van der Waals surface area (Å²) in [7, 11) is 0. The lowest BCUT2D eigenvalue weighted by Gasteiger charge is -2.66. The Bertz CT molecular complexity index is 599. The molecule has 0 aromatic heterocycles. The fourth-order valence-electron chi connectivity index (χ4n) is 6.45. The number of carboxylic acids is 1. The van der Waals surface area contributed by atoms with Crippen LogP contribution >= 0.6 is 0 Å². The van der Waals surface area contributed by atoms with Crippen molar-refractivity contribution >= 4 is 5.97 Å². The molecule has 3 aliphatic carbocycles. The van der Waals surface area contributed by atoms with Crippen LogP contribution in [0.25, 0.3) is 0 Å². The van der Waals surface area contributed by atoms with Crippen LogP contribution in [0.1, 0.15) is 72.6 Å². The maximum atomic E-state index is 12.1. The lowest BCUT2D eigenvalue weighted by Crippen LogP contribution is -2.68. The Morgan fingerprint density at radius 1 is 1.21 bits per heavy atom. The van der Waals surface area contributed by atoms with Crippen molar-refractivity contribution in [3.8, 4) is 0 Å². The van der Waals surface area contributed by atoms with Gasteiger partial charge in [-0.05, 0) is 68.9 Å². The highest BCUT2D eigenvalue weighted by Crippen LogP contribution is 2.68. The van der Waals surface area contributed by atoms with E-state index in [0.29, 0.717) is 5.92 Å². The van der Waals surface area contributed by atoms with Gasteiger partial charge in [0.25, 0.3) is 0 Å². The van der Waals surface area contributed by atoms with E-state index < -0.39 is 17.0 Å². The molecule has 1 unspecified atom stereocenters. The normalized spacial score (nSPS) is 50.2. The first kappa shape index (κ1) is 16.6. The summed E-state index contributed by atoms with van der Waals surface area (Å²) >= 11 is 0. The lowest BCUT2D eigenvalue weighted by molar-refractivity contribution is -0.465. The van der Waals surface area contributed by atoms with Gasteiger partial charge >= 0.3 is 5.97 Å². The highest BCUT2D eigenvalue weighted by molar-refractivity contribution is 5.75. The predicted octanol–water partition coefficient (Wildman–Crippen LogP) is 4.49.